The van der Waals surface area contributed by atoms with Crippen molar-refractivity contribution >= 4 is 0 Å². The van der Waals surface area contributed by atoms with Crippen molar-refractivity contribution in [2.75, 3.05) is 33.7 Å². The summed E-state index contributed by atoms with van der Waals surface area (Å²) >= 11 is 0. The van der Waals surface area contributed by atoms with Gasteiger partial charge in [-0.15, -0.1) is 0 Å². The lowest BCUT2D eigenvalue weighted by molar-refractivity contribution is -0.0143. The normalized spacial score (nSPS) is 28.8. The summed E-state index contributed by atoms with van der Waals surface area (Å²) in [5, 5.41) is 10.4. The van der Waals surface area contributed by atoms with Crippen molar-refractivity contribution in [3.8, 4) is 0 Å². The molecule has 0 aromatic heterocycles. The molecule has 1 saturated heterocycles. The van der Waals surface area contributed by atoms with Gasteiger partial charge >= 0.3 is 0 Å². The molecule has 1 heterocycles. The maximum atomic E-state index is 10.4. The molecule has 0 spiro atoms. The van der Waals surface area contributed by atoms with Crippen LogP contribution in [0.3, 0.4) is 0 Å². The van der Waals surface area contributed by atoms with Crippen LogP contribution >= 0.6 is 0 Å². The van der Waals surface area contributed by atoms with Crippen molar-refractivity contribution < 1.29 is 5.11 Å². The van der Waals surface area contributed by atoms with Gasteiger partial charge in [0.05, 0.1) is 6.10 Å². The van der Waals surface area contributed by atoms with Gasteiger partial charge in [-0.05, 0) is 39.0 Å². The molecule has 15 heavy (non-hydrogen) atoms. The number of hydrogen-bond acceptors (Lipinski definition) is 3. The molecule has 0 radical (unpaired) electrons. The van der Waals surface area contributed by atoms with Crippen molar-refractivity contribution in [1.29, 1.82) is 0 Å². The lowest BCUT2D eigenvalue weighted by Gasteiger charge is -2.38. The number of nitrogens with zero attached hydrogens (tertiary/aromatic N) is 2. The molecular weight excluding hydrogens is 188 g/mol. The highest BCUT2D eigenvalue weighted by Crippen LogP contribution is 2.25. The Morgan fingerprint density at radius 1 is 1.20 bits per heavy atom. The summed E-state index contributed by atoms with van der Waals surface area (Å²) in [6, 6.07) is 0.262. The first-order valence-electron chi connectivity index (χ1n) is 5.89. The standard InChI is InChI=1S/C12H26N2O/c1-12(2,3)11(15)10-9-13(4)7-6-8-14(10)5/h10-11,15H,6-9H2,1-5H3. The summed E-state index contributed by atoms with van der Waals surface area (Å²) in [7, 11) is 4.26. The van der Waals surface area contributed by atoms with Crippen LogP contribution in [0.15, 0.2) is 0 Å². The lowest BCUT2D eigenvalue weighted by atomic mass is 9.84. The van der Waals surface area contributed by atoms with Crippen molar-refractivity contribution in [2.24, 2.45) is 5.41 Å². The van der Waals surface area contributed by atoms with Gasteiger partial charge in [-0.2, -0.15) is 0 Å². The summed E-state index contributed by atoms with van der Waals surface area (Å²) in [5.41, 5.74) is -0.0376. The Labute approximate surface area is 94.1 Å². The monoisotopic (exact) mass is 214 g/mol. The van der Waals surface area contributed by atoms with E-state index in [1.807, 2.05) is 0 Å². The third-order valence-corrected chi connectivity index (χ3v) is 3.37. The minimum atomic E-state index is -0.261. The number of aliphatic hydroxyl groups is 1. The Hall–Kier alpha value is -0.120. The van der Waals surface area contributed by atoms with E-state index in [0.29, 0.717) is 0 Å². The average molecular weight is 214 g/mol. The third kappa shape index (κ3) is 3.44. The van der Waals surface area contributed by atoms with Crippen LogP contribution in [0, 0.1) is 5.41 Å². The Bertz CT molecular complexity index is 200. The molecule has 0 aliphatic carbocycles. The Morgan fingerprint density at radius 2 is 1.80 bits per heavy atom. The molecule has 0 aromatic rings. The minimum Gasteiger partial charge on any atom is -0.391 e. The van der Waals surface area contributed by atoms with E-state index in [1.54, 1.807) is 0 Å². The number of hydrogen-bond donors (Lipinski definition) is 1. The molecule has 0 amide bonds. The Balaban J connectivity index is 2.71. The zero-order valence-corrected chi connectivity index (χ0v) is 10.8. The lowest BCUT2D eigenvalue weighted by Crippen LogP contribution is -2.51. The van der Waals surface area contributed by atoms with Crippen LogP contribution in [0.5, 0.6) is 0 Å². The van der Waals surface area contributed by atoms with E-state index in [1.165, 1.54) is 6.42 Å². The van der Waals surface area contributed by atoms with Gasteiger partial charge in [-0.1, -0.05) is 20.8 Å². The van der Waals surface area contributed by atoms with E-state index in [2.05, 4.69) is 44.7 Å². The second-order valence-corrected chi connectivity index (χ2v) is 5.97. The summed E-state index contributed by atoms with van der Waals surface area (Å²) in [6.07, 6.45) is 0.934. The fourth-order valence-corrected chi connectivity index (χ4v) is 2.22. The fraction of sp³-hybridized carbons (Fsp3) is 1.00. The molecule has 90 valence electrons. The third-order valence-electron chi connectivity index (χ3n) is 3.37. The zero-order valence-electron chi connectivity index (χ0n) is 10.8. The van der Waals surface area contributed by atoms with Gasteiger partial charge in [0.1, 0.15) is 0 Å². The number of likely N-dealkylation sites (N-methyl/N-ethyl adjacent to an activating group) is 2. The van der Waals surface area contributed by atoms with Crippen molar-refractivity contribution in [1.82, 2.24) is 9.80 Å². The molecule has 1 fully saturated rings. The molecule has 0 aromatic carbocycles. The van der Waals surface area contributed by atoms with Crippen molar-refractivity contribution in [2.45, 2.75) is 39.3 Å². The van der Waals surface area contributed by atoms with Crippen LogP contribution in [0.2, 0.25) is 0 Å². The van der Waals surface area contributed by atoms with Crippen LogP contribution in [0.25, 0.3) is 0 Å². The Kier molecular flexibility index (Phi) is 4.15. The minimum absolute atomic E-state index is 0.0376. The first kappa shape index (κ1) is 12.9. The average Bonchev–Trinajstić information content (AvgIpc) is 2.25. The zero-order chi connectivity index (χ0) is 11.6. The predicted octanol–water partition coefficient (Wildman–Crippen LogP) is 1.03. The Morgan fingerprint density at radius 3 is 2.33 bits per heavy atom. The highest BCUT2D eigenvalue weighted by atomic mass is 16.3. The molecule has 1 aliphatic heterocycles. The summed E-state index contributed by atoms with van der Waals surface area (Å²) in [5.74, 6) is 0. The number of aliphatic hydroxyl groups excluding tert-OH is 1. The maximum Gasteiger partial charge on any atom is 0.0755 e. The van der Waals surface area contributed by atoms with E-state index in [9.17, 15) is 5.11 Å². The van der Waals surface area contributed by atoms with E-state index in [0.717, 1.165) is 19.6 Å². The van der Waals surface area contributed by atoms with Crippen LogP contribution in [-0.2, 0) is 0 Å². The second kappa shape index (κ2) is 4.81. The van der Waals surface area contributed by atoms with Crippen LogP contribution in [-0.4, -0.2) is 60.8 Å². The molecule has 3 heteroatoms. The van der Waals surface area contributed by atoms with E-state index in [-0.39, 0.29) is 17.6 Å². The highest BCUT2D eigenvalue weighted by Gasteiger charge is 2.34. The summed E-state index contributed by atoms with van der Waals surface area (Å²) in [4.78, 5) is 4.63. The van der Waals surface area contributed by atoms with Crippen LogP contribution < -0.4 is 0 Å². The SMILES string of the molecule is CN1CCCN(C)C(C(O)C(C)(C)C)C1. The molecule has 3 nitrogen and oxygen atoms in total. The topological polar surface area (TPSA) is 26.7 Å². The van der Waals surface area contributed by atoms with Gasteiger partial charge in [0, 0.05) is 12.6 Å². The largest absolute Gasteiger partial charge is 0.391 e. The van der Waals surface area contributed by atoms with Gasteiger partial charge in [-0.3, -0.25) is 4.90 Å². The molecule has 2 unspecified atom stereocenters. The molecule has 1 aliphatic rings. The van der Waals surface area contributed by atoms with Crippen molar-refractivity contribution in [3.63, 3.8) is 0 Å². The molecular formula is C12H26N2O. The van der Waals surface area contributed by atoms with Gasteiger partial charge in [0.2, 0.25) is 0 Å². The predicted molar refractivity (Wildman–Crippen MR) is 64.0 cm³/mol. The first-order chi connectivity index (χ1) is 6.82. The quantitative estimate of drug-likeness (QED) is 0.706. The van der Waals surface area contributed by atoms with Crippen molar-refractivity contribution in [3.05, 3.63) is 0 Å². The molecule has 0 bridgehead atoms. The van der Waals surface area contributed by atoms with Gasteiger partial charge in [-0.25, -0.2) is 0 Å². The van der Waals surface area contributed by atoms with Crippen LogP contribution in [0.4, 0.5) is 0 Å². The first-order valence-corrected chi connectivity index (χ1v) is 5.89. The fourth-order valence-electron chi connectivity index (χ4n) is 2.22. The molecule has 2 atom stereocenters. The second-order valence-electron chi connectivity index (χ2n) is 5.97. The summed E-state index contributed by atoms with van der Waals surface area (Å²) in [6.45, 7) is 9.51. The van der Waals surface area contributed by atoms with Crippen LogP contribution in [0.1, 0.15) is 27.2 Å². The molecule has 1 N–H and O–H groups in total. The highest BCUT2D eigenvalue weighted by molar-refractivity contribution is 4.88. The van der Waals surface area contributed by atoms with E-state index in [4.69, 9.17) is 0 Å². The summed E-state index contributed by atoms with van der Waals surface area (Å²) < 4.78 is 0. The molecule has 0 saturated carbocycles. The van der Waals surface area contributed by atoms with Gasteiger partial charge in [0.25, 0.3) is 0 Å². The molecule has 1 rings (SSSR count). The smallest absolute Gasteiger partial charge is 0.0755 e. The van der Waals surface area contributed by atoms with E-state index < -0.39 is 0 Å². The van der Waals surface area contributed by atoms with Gasteiger partial charge in [0.15, 0.2) is 0 Å². The van der Waals surface area contributed by atoms with E-state index >= 15 is 0 Å². The van der Waals surface area contributed by atoms with Gasteiger partial charge < -0.3 is 10.0 Å². The number of rotatable bonds is 1. The maximum absolute atomic E-state index is 10.4.